The number of aliphatic hydroxyl groups excluding tert-OH is 1. The summed E-state index contributed by atoms with van der Waals surface area (Å²) in [5, 5.41) is 29.1. The Labute approximate surface area is 226 Å². The second-order valence-corrected chi connectivity index (χ2v) is 10.1. The van der Waals surface area contributed by atoms with E-state index in [9.17, 15) is 29.4 Å². The van der Waals surface area contributed by atoms with Gasteiger partial charge in [0, 0.05) is 18.6 Å². The quantitative estimate of drug-likeness (QED) is 0.325. The first kappa shape index (κ1) is 29.5. The monoisotopic (exact) mass is 541 g/mol. The van der Waals surface area contributed by atoms with Crippen molar-refractivity contribution in [3.05, 3.63) is 54.1 Å². The van der Waals surface area contributed by atoms with Gasteiger partial charge in [-0.05, 0) is 49.4 Å². The molecule has 2 aromatic rings. The molecule has 1 aliphatic rings. The molecule has 5 N–H and O–H groups in total. The lowest BCUT2D eigenvalue weighted by molar-refractivity contribution is -0.156. The summed E-state index contributed by atoms with van der Waals surface area (Å²) >= 11 is 0. The number of ether oxygens (including phenoxy) is 1. The van der Waals surface area contributed by atoms with E-state index >= 15 is 0 Å². The van der Waals surface area contributed by atoms with Crippen LogP contribution in [0.25, 0.3) is 0 Å². The number of hydrogen-bond acceptors (Lipinski definition) is 9. The van der Waals surface area contributed by atoms with Crippen molar-refractivity contribution >= 4 is 23.7 Å². The number of hydrogen-bond donors (Lipinski definition) is 5. The van der Waals surface area contributed by atoms with Gasteiger partial charge >= 0.3 is 5.97 Å². The summed E-state index contributed by atoms with van der Waals surface area (Å²) in [5.74, 6) is -4.38. The van der Waals surface area contributed by atoms with Gasteiger partial charge < -0.3 is 30.9 Å². The number of pyridine rings is 2. The molecule has 39 heavy (non-hydrogen) atoms. The van der Waals surface area contributed by atoms with E-state index in [1.807, 2.05) is 13.8 Å². The Hall–Kier alpha value is -4.06. The van der Waals surface area contributed by atoms with E-state index in [2.05, 4.69) is 25.9 Å². The van der Waals surface area contributed by atoms with Crippen LogP contribution in [0.15, 0.2) is 42.9 Å². The molecule has 0 saturated carbocycles. The fraction of sp³-hybridized carbons (Fsp3) is 0.481. The smallest absolute Gasteiger partial charge is 0.328 e. The summed E-state index contributed by atoms with van der Waals surface area (Å²) in [4.78, 5) is 60.6. The Morgan fingerprint density at radius 2 is 1.82 bits per heavy atom. The first-order valence-corrected chi connectivity index (χ1v) is 12.8. The Bertz CT molecular complexity index is 1180. The second-order valence-electron chi connectivity index (χ2n) is 10.1. The van der Waals surface area contributed by atoms with Crippen molar-refractivity contribution in [2.75, 3.05) is 0 Å². The number of aliphatic hydroxyl groups is 1. The van der Waals surface area contributed by atoms with Crippen LogP contribution in [0, 0.1) is 11.8 Å². The number of esters is 1. The highest BCUT2D eigenvalue weighted by atomic mass is 16.5. The molecule has 12 nitrogen and oxygen atoms in total. The highest BCUT2D eigenvalue weighted by Gasteiger charge is 2.39. The molecule has 0 aromatic carbocycles. The van der Waals surface area contributed by atoms with Crippen molar-refractivity contribution in [2.24, 2.45) is 11.8 Å². The van der Waals surface area contributed by atoms with Gasteiger partial charge in [-0.1, -0.05) is 26.8 Å². The molecule has 210 valence electrons. The minimum Gasteiger partial charge on any atom is -0.505 e. The first-order chi connectivity index (χ1) is 18.5. The third-order valence-corrected chi connectivity index (χ3v) is 6.49. The van der Waals surface area contributed by atoms with Crippen molar-refractivity contribution in [3.8, 4) is 5.75 Å². The number of rotatable bonds is 6. The molecule has 12 heteroatoms. The maximum atomic E-state index is 13.6. The summed E-state index contributed by atoms with van der Waals surface area (Å²) < 4.78 is 5.57. The number of aromatic hydroxyl groups is 1. The standard InChI is InChI=1S/C27H35N5O7/c1-14(2)11-19-27(38)39-16(4)21(32-26(37)22-20(33)8-6-10-29-22)25(36)30-18(12-17-7-5-9-28-13-17)23(34)15(3)24(35)31-19/h5-10,13-16,18-19,21,23,33-34H,11-12H2,1-4H3,(H,30,36)(H,31,35)(H,32,37). The predicted octanol–water partition coefficient (Wildman–Crippen LogP) is 0.481. The van der Waals surface area contributed by atoms with E-state index in [1.54, 1.807) is 24.5 Å². The van der Waals surface area contributed by atoms with Gasteiger partial charge in [0.1, 0.15) is 23.9 Å². The van der Waals surface area contributed by atoms with Gasteiger partial charge in [0.15, 0.2) is 5.69 Å². The van der Waals surface area contributed by atoms with Crippen LogP contribution in [0.4, 0.5) is 0 Å². The van der Waals surface area contributed by atoms with E-state index < -0.39 is 65.7 Å². The number of amides is 3. The third kappa shape index (κ3) is 7.73. The average Bonchev–Trinajstić information content (AvgIpc) is 2.89. The lowest BCUT2D eigenvalue weighted by Crippen LogP contribution is -2.60. The minimum atomic E-state index is -1.42. The fourth-order valence-electron chi connectivity index (χ4n) is 4.31. The molecule has 1 aliphatic heterocycles. The second kappa shape index (κ2) is 13.1. The van der Waals surface area contributed by atoms with Crippen molar-refractivity contribution in [3.63, 3.8) is 0 Å². The predicted molar refractivity (Wildman–Crippen MR) is 139 cm³/mol. The Kier molecular flexibility index (Phi) is 9.94. The van der Waals surface area contributed by atoms with Gasteiger partial charge in [0.25, 0.3) is 5.91 Å². The van der Waals surface area contributed by atoms with Crippen molar-refractivity contribution in [2.45, 2.75) is 70.9 Å². The van der Waals surface area contributed by atoms with Gasteiger partial charge in [-0.2, -0.15) is 0 Å². The third-order valence-electron chi connectivity index (χ3n) is 6.49. The average molecular weight is 542 g/mol. The van der Waals surface area contributed by atoms with E-state index in [4.69, 9.17) is 4.74 Å². The van der Waals surface area contributed by atoms with Gasteiger partial charge in [0.05, 0.1) is 18.1 Å². The molecule has 0 bridgehead atoms. The molecule has 0 spiro atoms. The zero-order valence-electron chi connectivity index (χ0n) is 22.3. The number of carbonyl (C=O) groups excluding carboxylic acids is 4. The molecule has 0 radical (unpaired) electrons. The SMILES string of the molecule is CC(C)CC1NC(=O)C(C)C(O)C(Cc2cccnc2)NC(=O)C(NC(=O)c2ncccc2O)C(C)OC1=O. The Balaban J connectivity index is 1.99. The van der Waals surface area contributed by atoms with E-state index in [0.717, 1.165) is 0 Å². The molecular weight excluding hydrogens is 506 g/mol. The zero-order chi connectivity index (χ0) is 28.7. The van der Waals surface area contributed by atoms with Gasteiger partial charge in [0.2, 0.25) is 11.8 Å². The van der Waals surface area contributed by atoms with E-state index in [1.165, 1.54) is 32.2 Å². The molecule has 0 aliphatic carbocycles. The maximum Gasteiger partial charge on any atom is 0.328 e. The van der Waals surface area contributed by atoms with Crippen molar-refractivity contribution < 1.29 is 34.1 Å². The van der Waals surface area contributed by atoms with Crippen LogP contribution in [0.2, 0.25) is 0 Å². The molecule has 6 unspecified atom stereocenters. The highest BCUT2D eigenvalue weighted by Crippen LogP contribution is 2.18. The van der Waals surface area contributed by atoms with Crippen molar-refractivity contribution in [1.29, 1.82) is 0 Å². The number of carbonyl (C=O) groups is 4. The number of aromatic nitrogens is 2. The molecule has 3 amide bonds. The normalized spacial score (nSPS) is 26.5. The van der Waals surface area contributed by atoms with Crippen LogP contribution in [-0.2, 0) is 25.5 Å². The molecular formula is C27H35N5O7. The van der Waals surface area contributed by atoms with E-state index in [0.29, 0.717) is 5.56 Å². The summed E-state index contributed by atoms with van der Waals surface area (Å²) in [7, 11) is 0. The van der Waals surface area contributed by atoms with Gasteiger partial charge in [-0.3, -0.25) is 19.4 Å². The Morgan fingerprint density at radius 1 is 1.10 bits per heavy atom. The summed E-state index contributed by atoms with van der Waals surface area (Å²) in [5.41, 5.74) is 0.373. The van der Waals surface area contributed by atoms with Crippen LogP contribution < -0.4 is 16.0 Å². The van der Waals surface area contributed by atoms with Crippen LogP contribution in [0.1, 0.15) is 50.2 Å². The summed E-state index contributed by atoms with van der Waals surface area (Å²) in [6.45, 7) is 6.67. The molecule has 6 atom stereocenters. The van der Waals surface area contributed by atoms with Crippen LogP contribution in [0.5, 0.6) is 5.75 Å². The summed E-state index contributed by atoms with van der Waals surface area (Å²) in [6.07, 6.45) is 2.31. The van der Waals surface area contributed by atoms with Crippen LogP contribution in [-0.4, -0.2) is 74.2 Å². The van der Waals surface area contributed by atoms with Crippen LogP contribution in [0.3, 0.4) is 0 Å². The lowest BCUT2D eigenvalue weighted by Gasteiger charge is -2.33. The molecule has 3 heterocycles. The fourth-order valence-corrected chi connectivity index (χ4v) is 4.31. The molecule has 1 saturated heterocycles. The van der Waals surface area contributed by atoms with Gasteiger partial charge in [-0.15, -0.1) is 0 Å². The highest BCUT2D eigenvalue weighted by molar-refractivity contribution is 5.98. The van der Waals surface area contributed by atoms with Gasteiger partial charge in [-0.25, -0.2) is 9.78 Å². The molecule has 2 aromatic heterocycles. The Morgan fingerprint density at radius 3 is 2.46 bits per heavy atom. The summed E-state index contributed by atoms with van der Waals surface area (Å²) in [6, 6.07) is 2.76. The zero-order valence-corrected chi connectivity index (χ0v) is 22.3. The first-order valence-electron chi connectivity index (χ1n) is 12.8. The van der Waals surface area contributed by atoms with Crippen LogP contribution >= 0.6 is 0 Å². The topological polar surface area (TPSA) is 180 Å². The molecule has 3 rings (SSSR count). The van der Waals surface area contributed by atoms with Crippen molar-refractivity contribution in [1.82, 2.24) is 25.9 Å². The number of nitrogens with one attached hydrogen (secondary N) is 3. The maximum absolute atomic E-state index is 13.6. The number of cyclic esters (lactones) is 1. The largest absolute Gasteiger partial charge is 0.505 e. The van der Waals surface area contributed by atoms with E-state index in [-0.39, 0.29) is 24.5 Å². The minimum absolute atomic E-state index is 0.00977. The molecule has 1 fully saturated rings. The lowest BCUT2D eigenvalue weighted by atomic mass is 9.91. The number of nitrogens with zero attached hydrogens (tertiary/aromatic N) is 2.